The van der Waals surface area contributed by atoms with E-state index in [0.29, 0.717) is 49.0 Å². The molecular weight excluding hydrogens is 546 g/mol. The number of fused-ring (bicyclic) bond motifs is 1. The van der Waals surface area contributed by atoms with Gasteiger partial charge in [-0.2, -0.15) is 5.10 Å². The average molecular weight is 577 g/mol. The lowest BCUT2D eigenvalue weighted by atomic mass is 9.98. The molecule has 3 heterocycles. The summed E-state index contributed by atoms with van der Waals surface area (Å²) in [6.45, 7) is 3.29. The van der Waals surface area contributed by atoms with Gasteiger partial charge in [0.05, 0.1) is 25.0 Å². The summed E-state index contributed by atoms with van der Waals surface area (Å²) in [4.78, 5) is 31.1. The first-order chi connectivity index (χ1) is 20.4. The lowest BCUT2D eigenvalue weighted by molar-refractivity contribution is -0.133. The third-order valence-corrected chi connectivity index (χ3v) is 7.60. The van der Waals surface area contributed by atoms with Gasteiger partial charge < -0.3 is 19.1 Å². The van der Waals surface area contributed by atoms with E-state index >= 15 is 0 Å². The lowest BCUT2D eigenvalue weighted by Crippen LogP contribution is -2.46. The number of ether oxygens (including phenoxy) is 3. The third kappa shape index (κ3) is 6.12. The molecule has 1 atom stereocenters. The van der Waals surface area contributed by atoms with Gasteiger partial charge in [-0.1, -0.05) is 24.3 Å². The van der Waals surface area contributed by atoms with E-state index in [0.717, 1.165) is 18.7 Å². The summed E-state index contributed by atoms with van der Waals surface area (Å²) in [6, 6.07) is 16.4. The second-order valence-corrected chi connectivity index (χ2v) is 10.3. The Labute approximate surface area is 241 Å². The molecule has 0 N–H and O–H groups in total. The highest BCUT2D eigenvalue weighted by atomic mass is 19.1. The highest BCUT2D eigenvalue weighted by Crippen LogP contribution is 2.39. The van der Waals surface area contributed by atoms with E-state index in [4.69, 9.17) is 14.2 Å². The summed E-state index contributed by atoms with van der Waals surface area (Å²) in [5.41, 5.74) is 2.25. The molecular formula is C31H30F2N4O5. The van der Waals surface area contributed by atoms with E-state index in [2.05, 4.69) is 10.0 Å². The van der Waals surface area contributed by atoms with E-state index in [1.165, 1.54) is 46.3 Å². The van der Waals surface area contributed by atoms with E-state index in [1.807, 2.05) is 12.1 Å². The summed E-state index contributed by atoms with van der Waals surface area (Å²) in [5.74, 6) is -0.562. The SMILES string of the molecule is O=C(c1cccc(F)c1)N(CCN1CCOCC1)CC(=O)N1N=C(c2ccc(F)cc2)CC1c1ccc2c(c1)OCO2. The van der Waals surface area contributed by atoms with Gasteiger partial charge in [0.15, 0.2) is 11.5 Å². The number of carbonyl (C=O) groups excluding carboxylic acids is 2. The highest BCUT2D eigenvalue weighted by Gasteiger charge is 2.35. The summed E-state index contributed by atoms with van der Waals surface area (Å²) in [5, 5.41) is 6.06. The molecule has 9 nitrogen and oxygen atoms in total. The third-order valence-electron chi connectivity index (χ3n) is 7.60. The molecule has 3 aromatic rings. The van der Waals surface area contributed by atoms with Gasteiger partial charge >= 0.3 is 0 Å². The maximum Gasteiger partial charge on any atom is 0.262 e. The summed E-state index contributed by atoms with van der Waals surface area (Å²) in [7, 11) is 0. The number of hydrogen-bond donors (Lipinski definition) is 0. The van der Waals surface area contributed by atoms with Crippen LogP contribution in [0.2, 0.25) is 0 Å². The smallest absolute Gasteiger partial charge is 0.262 e. The Morgan fingerprint density at radius 3 is 2.50 bits per heavy atom. The zero-order chi connectivity index (χ0) is 29.1. The molecule has 11 heteroatoms. The highest BCUT2D eigenvalue weighted by molar-refractivity contribution is 6.03. The largest absolute Gasteiger partial charge is 0.454 e. The number of benzene rings is 3. The van der Waals surface area contributed by atoms with Crippen molar-refractivity contribution in [1.29, 1.82) is 0 Å². The van der Waals surface area contributed by atoms with E-state index < -0.39 is 23.7 Å². The second-order valence-electron chi connectivity index (χ2n) is 10.3. The predicted molar refractivity (Wildman–Crippen MR) is 149 cm³/mol. The molecule has 1 fully saturated rings. The lowest BCUT2D eigenvalue weighted by Gasteiger charge is -2.31. The fourth-order valence-corrected chi connectivity index (χ4v) is 5.32. The molecule has 1 unspecified atom stereocenters. The summed E-state index contributed by atoms with van der Waals surface area (Å²) >= 11 is 0. The minimum absolute atomic E-state index is 0.115. The number of carbonyl (C=O) groups is 2. The standard InChI is InChI=1S/C31H30F2N4O5/c32-24-7-4-21(5-8-24)26-18-27(22-6-9-28-29(17-22)42-20-41-28)37(34-26)30(38)19-36(11-10-35-12-14-40-15-13-35)31(39)23-2-1-3-25(33)16-23/h1-9,16-17,27H,10-15,18-20H2. The van der Waals surface area contributed by atoms with Crippen molar-refractivity contribution in [2.24, 2.45) is 5.10 Å². The van der Waals surface area contributed by atoms with E-state index in [-0.39, 0.29) is 31.3 Å². The van der Waals surface area contributed by atoms with Gasteiger partial charge in [-0.05, 0) is 53.6 Å². The molecule has 0 saturated carbocycles. The predicted octanol–water partition coefficient (Wildman–Crippen LogP) is 3.85. The molecule has 3 aliphatic heterocycles. The Kier molecular flexibility index (Phi) is 8.11. The molecule has 0 aliphatic carbocycles. The van der Waals surface area contributed by atoms with Gasteiger partial charge in [0.25, 0.3) is 11.8 Å². The van der Waals surface area contributed by atoms with Crippen LogP contribution in [0, 0.1) is 11.6 Å². The minimum atomic E-state index is -0.531. The monoisotopic (exact) mass is 576 g/mol. The van der Waals surface area contributed by atoms with Crippen LogP contribution in [-0.4, -0.2) is 85.1 Å². The van der Waals surface area contributed by atoms with Crippen molar-refractivity contribution in [2.75, 3.05) is 52.7 Å². The van der Waals surface area contributed by atoms with Gasteiger partial charge in [-0.15, -0.1) is 0 Å². The Morgan fingerprint density at radius 1 is 0.929 bits per heavy atom. The molecule has 6 rings (SSSR count). The Bertz CT molecular complexity index is 1490. The summed E-state index contributed by atoms with van der Waals surface area (Å²) < 4.78 is 44.1. The van der Waals surface area contributed by atoms with Gasteiger partial charge in [-0.3, -0.25) is 14.5 Å². The number of nitrogens with zero attached hydrogens (tertiary/aromatic N) is 4. The molecule has 218 valence electrons. The van der Waals surface area contributed by atoms with Crippen LogP contribution in [0.4, 0.5) is 8.78 Å². The fraction of sp³-hybridized carbons (Fsp3) is 0.323. The number of hydrazone groups is 1. The van der Waals surface area contributed by atoms with Crippen LogP contribution in [0.1, 0.15) is 33.9 Å². The van der Waals surface area contributed by atoms with Crippen molar-refractivity contribution >= 4 is 17.5 Å². The molecule has 3 aliphatic rings. The van der Waals surface area contributed by atoms with Crippen molar-refractivity contribution in [3.63, 3.8) is 0 Å². The first-order valence-electron chi connectivity index (χ1n) is 13.8. The second kappa shape index (κ2) is 12.3. The van der Waals surface area contributed by atoms with E-state index in [9.17, 15) is 18.4 Å². The van der Waals surface area contributed by atoms with Crippen molar-refractivity contribution in [3.05, 3.63) is 95.1 Å². The Hall–Kier alpha value is -4.35. The van der Waals surface area contributed by atoms with Crippen LogP contribution in [0.25, 0.3) is 0 Å². The quantitative estimate of drug-likeness (QED) is 0.405. The number of hydrogen-bond acceptors (Lipinski definition) is 7. The molecule has 2 amide bonds. The number of amides is 2. The van der Waals surface area contributed by atoms with Crippen LogP contribution in [0.3, 0.4) is 0 Å². The minimum Gasteiger partial charge on any atom is -0.454 e. The number of morpholine rings is 1. The van der Waals surface area contributed by atoms with Crippen LogP contribution >= 0.6 is 0 Å². The fourth-order valence-electron chi connectivity index (χ4n) is 5.32. The van der Waals surface area contributed by atoms with Crippen LogP contribution in [0.5, 0.6) is 11.5 Å². The Balaban J connectivity index is 1.28. The average Bonchev–Trinajstić information content (AvgIpc) is 3.67. The molecule has 42 heavy (non-hydrogen) atoms. The Morgan fingerprint density at radius 2 is 1.71 bits per heavy atom. The first-order valence-corrected chi connectivity index (χ1v) is 13.8. The number of halogens is 2. The van der Waals surface area contributed by atoms with Gasteiger partial charge in [0.1, 0.15) is 18.2 Å². The molecule has 0 bridgehead atoms. The summed E-state index contributed by atoms with van der Waals surface area (Å²) in [6.07, 6.45) is 0.378. The van der Waals surface area contributed by atoms with Gasteiger partial charge in [0.2, 0.25) is 6.79 Å². The van der Waals surface area contributed by atoms with Gasteiger partial charge in [0, 0.05) is 38.2 Å². The molecule has 3 aromatic carbocycles. The molecule has 0 radical (unpaired) electrons. The molecule has 0 spiro atoms. The molecule has 1 saturated heterocycles. The normalized spacial score (nSPS) is 18.2. The van der Waals surface area contributed by atoms with Crippen molar-refractivity contribution in [1.82, 2.24) is 14.8 Å². The zero-order valence-corrected chi connectivity index (χ0v) is 22.9. The zero-order valence-electron chi connectivity index (χ0n) is 22.9. The maximum atomic E-state index is 14.0. The first kappa shape index (κ1) is 27.8. The van der Waals surface area contributed by atoms with Crippen molar-refractivity contribution in [2.45, 2.75) is 12.5 Å². The topological polar surface area (TPSA) is 83.9 Å². The van der Waals surface area contributed by atoms with Crippen molar-refractivity contribution < 1.29 is 32.6 Å². The van der Waals surface area contributed by atoms with Crippen LogP contribution in [0.15, 0.2) is 71.8 Å². The number of rotatable bonds is 8. The molecule has 0 aromatic heterocycles. The van der Waals surface area contributed by atoms with Crippen LogP contribution < -0.4 is 9.47 Å². The maximum absolute atomic E-state index is 14.0. The van der Waals surface area contributed by atoms with Crippen molar-refractivity contribution in [3.8, 4) is 11.5 Å². The van der Waals surface area contributed by atoms with Crippen LogP contribution in [-0.2, 0) is 9.53 Å². The van der Waals surface area contributed by atoms with E-state index in [1.54, 1.807) is 18.2 Å². The van der Waals surface area contributed by atoms with Gasteiger partial charge in [-0.25, -0.2) is 13.8 Å².